The molecule has 5 rings (SSSR count). The number of aliphatic hydroxyl groups is 1. The lowest BCUT2D eigenvalue weighted by Crippen LogP contribution is -2.43. The summed E-state index contributed by atoms with van der Waals surface area (Å²) >= 11 is 0. The smallest absolute Gasteiger partial charge is 0.264 e. The number of para-hydroxylation sites is 2. The molecule has 1 aromatic heterocycles. The number of amides is 1. The number of nitrogens with one attached hydrogen (secondary N) is 1. The summed E-state index contributed by atoms with van der Waals surface area (Å²) in [6.07, 6.45) is 6.36. The molecule has 2 aromatic carbocycles. The Kier molecular flexibility index (Phi) is 4.70. The number of carbonyl (C=O) groups excluding carboxylic acids is 2. The maximum atomic E-state index is 13.4. The molecule has 1 saturated carbocycles. The van der Waals surface area contributed by atoms with E-state index in [2.05, 4.69) is 11.1 Å². The molecule has 1 aliphatic heterocycles. The number of ketones is 1. The number of anilines is 1. The Morgan fingerprint density at radius 3 is 2.67 bits per heavy atom. The molecule has 0 bridgehead atoms. The highest BCUT2D eigenvalue weighted by Crippen LogP contribution is 2.43. The Bertz CT molecular complexity index is 1110. The number of H-pyrrole nitrogens is 1. The van der Waals surface area contributed by atoms with Crippen LogP contribution in [0.15, 0.2) is 54.7 Å². The third-order valence-electron chi connectivity index (χ3n) is 6.76. The van der Waals surface area contributed by atoms with Crippen LogP contribution in [0.1, 0.15) is 43.2 Å². The van der Waals surface area contributed by atoms with Crippen molar-refractivity contribution < 1.29 is 14.7 Å². The van der Waals surface area contributed by atoms with Crippen LogP contribution in [-0.2, 0) is 21.6 Å². The van der Waals surface area contributed by atoms with Crippen molar-refractivity contribution in [3.63, 3.8) is 0 Å². The molecule has 1 unspecified atom stereocenters. The zero-order chi connectivity index (χ0) is 20.7. The minimum absolute atomic E-state index is 0.0108. The maximum Gasteiger partial charge on any atom is 0.264 e. The van der Waals surface area contributed by atoms with E-state index < -0.39 is 5.60 Å². The molecular formula is C25H26N2O3. The van der Waals surface area contributed by atoms with E-state index in [-0.39, 0.29) is 24.0 Å². The van der Waals surface area contributed by atoms with Gasteiger partial charge in [-0.05, 0) is 37.0 Å². The Balaban J connectivity index is 1.40. The molecule has 30 heavy (non-hydrogen) atoms. The van der Waals surface area contributed by atoms with Gasteiger partial charge in [0.25, 0.3) is 5.91 Å². The van der Waals surface area contributed by atoms with Crippen LogP contribution in [0.4, 0.5) is 5.69 Å². The van der Waals surface area contributed by atoms with E-state index in [4.69, 9.17) is 0 Å². The summed E-state index contributed by atoms with van der Waals surface area (Å²) in [6.45, 7) is 0.456. The third kappa shape index (κ3) is 3.05. The van der Waals surface area contributed by atoms with Crippen LogP contribution in [0.3, 0.4) is 0 Å². The molecule has 2 N–H and O–H groups in total. The zero-order valence-electron chi connectivity index (χ0n) is 16.9. The van der Waals surface area contributed by atoms with E-state index in [1.807, 2.05) is 42.6 Å². The molecule has 154 valence electrons. The van der Waals surface area contributed by atoms with Crippen molar-refractivity contribution >= 4 is 28.3 Å². The summed E-state index contributed by atoms with van der Waals surface area (Å²) in [5.74, 6) is -0.388. The molecule has 3 aromatic rings. The van der Waals surface area contributed by atoms with Crippen LogP contribution in [0, 0.1) is 5.92 Å². The van der Waals surface area contributed by atoms with Gasteiger partial charge in [-0.2, -0.15) is 0 Å². The fraction of sp³-hybridized carbons (Fsp3) is 0.360. The monoisotopic (exact) mass is 402 g/mol. The highest BCUT2D eigenvalue weighted by molar-refractivity contribution is 6.09. The van der Waals surface area contributed by atoms with Gasteiger partial charge >= 0.3 is 0 Å². The number of benzene rings is 2. The number of Topliss-reactive ketones (excluding diaryl/α,β-unsaturated/α-hetero) is 1. The fourth-order valence-electron chi connectivity index (χ4n) is 5.11. The predicted molar refractivity (Wildman–Crippen MR) is 116 cm³/mol. The van der Waals surface area contributed by atoms with Crippen LogP contribution in [0.25, 0.3) is 10.9 Å². The molecular weight excluding hydrogens is 376 g/mol. The molecule has 2 aliphatic rings. The van der Waals surface area contributed by atoms with E-state index in [9.17, 15) is 14.7 Å². The molecule has 1 amide bonds. The van der Waals surface area contributed by atoms with Crippen LogP contribution < -0.4 is 4.90 Å². The molecule has 5 nitrogen and oxygen atoms in total. The highest BCUT2D eigenvalue weighted by Gasteiger charge is 2.51. The molecule has 0 saturated heterocycles. The predicted octanol–water partition coefficient (Wildman–Crippen LogP) is 4.09. The van der Waals surface area contributed by atoms with Gasteiger partial charge in [-0.3, -0.25) is 9.59 Å². The largest absolute Gasteiger partial charge is 0.375 e. The van der Waals surface area contributed by atoms with Gasteiger partial charge in [0.1, 0.15) is 5.78 Å². The van der Waals surface area contributed by atoms with E-state index >= 15 is 0 Å². The van der Waals surface area contributed by atoms with Gasteiger partial charge in [-0.15, -0.1) is 0 Å². The number of hydrogen-bond acceptors (Lipinski definition) is 3. The number of fused-ring (bicyclic) bond motifs is 2. The fourth-order valence-corrected chi connectivity index (χ4v) is 5.11. The second-order valence-electron chi connectivity index (χ2n) is 8.57. The number of aromatic amines is 1. The Hall–Kier alpha value is -2.92. The Morgan fingerprint density at radius 1 is 1.10 bits per heavy atom. The highest BCUT2D eigenvalue weighted by atomic mass is 16.3. The average molecular weight is 402 g/mol. The lowest BCUT2D eigenvalue weighted by molar-refractivity contribution is -0.143. The minimum Gasteiger partial charge on any atom is -0.375 e. The van der Waals surface area contributed by atoms with Crippen LogP contribution in [0.2, 0.25) is 0 Å². The quantitative estimate of drug-likeness (QED) is 0.652. The lowest BCUT2D eigenvalue weighted by atomic mass is 9.86. The Labute approximate surface area is 175 Å². The second kappa shape index (κ2) is 7.40. The summed E-state index contributed by atoms with van der Waals surface area (Å²) in [6, 6.07) is 15.4. The molecule has 5 heteroatoms. The molecule has 0 spiro atoms. The van der Waals surface area contributed by atoms with E-state index in [1.165, 1.54) is 0 Å². The SMILES string of the molecule is O=C(CC1(O)C(=O)N(CCc2c[nH]c3ccccc23)c2ccccc21)C1CCCC1. The number of carbonyl (C=O) groups is 2. The van der Waals surface area contributed by atoms with Crippen LogP contribution >= 0.6 is 0 Å². The number of nitrogens with zero attached hydrogens (tertiary/aromatic N) is 1. The van der Waals surface area contributed by atoms with Crippen molar-refractivity contribution in [2.45, 2.75) is 44.1 Å². The summed E-state index contributed by atoms with van der Waals surface area (Å²) in [4.78, 5) is 31.1. The van der Waals surface area contributed by atoms with Crippen molar-refractivity contribution in [1.82, 2.24) is 4.98 Å². The maximum absolute atomic E-state index is 13.4. The van der Waals surface area contributed by atoms with Crippen molar-refractivity contribution in [3.8, 4) is 0 Å². The molecule has 0 radical (unpaired) electrons. The number of hydrogen-bond donors (Lipinski definition) is 2. The first-order chi connectivity index (χ1) is 14.6. The molecule has 1 atom stereocenters. The summed E-state index contributed by atoms with van der Waals surface area (Å²) in [5, 5.41) is 12.6. The van der Waals surface area contributed by atoms with Crippen molar-refractivity contribution in [2.24, 2.45) is 5.92 Å². The van der Waals surface area contributed by atoms with Gasteiger partial charge in [0.05, 0.1) is 5.69 Å². The van der Waals surface area contributed by atoms with Crippen LogP contribution in [-0.4, -0.2) is 28.3 Å². The summed E-state index contributed by atoms with van der Waals surface area (Å²) in [7, 11) is 0. The van der Waals surface area contributed by atoms with Gasteiger partial charge in [-0.25, -0.2) is 0 Å². The zero-order valence-corrected chi connectivity index (χ0v) is 16.9. The standard InChI is InChI=1S/C25H26N2O3/c28-23(17-7-1-2-8-17)15-25(30)20-10-4-6-12-22(20)27(24(25)29)14-13-18-16-26-21-11-5-3-9-19(18)21/h3-6,9-12,16-17,26,30H,1-2,7-8,13-15H2. The second-order valence-corrected chi connectivity index (χ2v) is 8.57. The van der Waals surface area contributed by atoms with Crippen molar-refractivity contribution in [2.75, 3.05) is 11.4 Å². The minimum atomic E-state index is -1.75. The first kappa shape index (κ1) is 19.1. The van der Waals surface area contributed by atoms with Gasteiger partial charge in [-0.1, -0.05) is 49.2 Å². The van der Waals surface area contributed by atoms with Crippen LogP contribution in [0.5, 0.6) is 0 Å². The average Bonchev–Trinajstić information content (AvgIpc) is 3.48. The Morgan fingerprint density at radius 2 is 1.83 bits per heavy atom. The lowest BCUT2D eigenvalue weighted by Gasteiger charge is -2.24. The van der Waals surface area contributed by atoms with Gasteiger partial charge in [0, 0.05) is 41.5 Å². The number of aromatic nitrogens is 1. The first-order valence-corrected chi connectivity index (χ1v) is 10.8. The molecule has 1 aliphatic carbocycles. The topological polar surface area (TPSA) is 73.4 Å². The normalized spacial score (nSPS) is 21.5. The summed E-state index contributed by atoms with van der Waals surface area (Å²) < 4.78 is 0. The van der Waals surface area contributed by atoms with Gasteiger partial charge in [0.15, 0.2) is 5.60 Å². The van der Waals surface area contributed by atoms with Gasteiger partial charge in [0.2, 0.25) is 0 Å². The van der Waals surface area contributed by atoms with Crippen molar-refractivity contribution in [1.29, 1.82) is 0 Å². The van der Waals surface area contributed by atoms with Gasteiger partial charge < -0.3 is 15.0 Å². The first-order valence-electron chi connectivity index (χ1n) is 10.8. The van der Waals surface area contributed by atoms with E-state index in [0.29, 0.717) is 24.2 Å². The molecule has 1 fully saturated rings. The van der Waals surface area contributed by atoms with E-state index in [1.54, 1.807) is 11.0 Å². The van der Waals surface area contributed by atoms with E-state index in [0.717, 1.165) is 42.1 Å². The van der Waals surface area contributed by atoms with Crippen molar-refractivity contribution in [3.05, 3.63) is 65.9 Å². The molecule has 2 heterocycles. The summed E-state index contributed by atoms with van der Waals surface area (Å²) in [5.41, 5.74) is 1.72. The number of rotatable bonds is 6. The third-order valence-corrected chi connectivity index (χ3v) is 6.76.